The maximum atomic E-state index is 11.0. The third-order valence-electron chi connectivity index (χ3n) is 3.91. The Kier molecular flexibility index (Phi) is 7.34. The molecule has 0 radical (unpaired) electrons. The average molecular weight is 325 g/mol. The van der Waals surface area contributed by atoms with E-state index in [4.69, 9.17) is 4.74 Å². The standard InChI is InChI=1S/C21H27NO2/c1-3-4-5-6-7-16-24-21-14-10-19(11-15-21)18-8-12-20(13-9-18)22-17(2)23/h8-15H,3-7,16H2,1-2H3,(H,22,23). The van der Waals surface area contributed by atoms with E-state index in [1.165, 1.54) is 32.6 Å². The minimum absolute atomic E-state index is 0.0565. The smallest absolute Gasteiger partial charge is 0.221 e. The van der Waals surface area contributed by atoms with Crippen LogP contribution < -0.4 is 10.1 Å². The van der Waals surface area contributed by atoms with Gasteiger partial charge in [0, 0.05) is 12.6 Å². The quantitative estimate of drug-likeness (QED) is 0.604. The van der Waals surface area contributed by atoms with E-state index in [2.05, 4.69) is 24.4 Å². The zero-order valence-electron chi connectivity index (χ0n) is 14.7. The lowest BCUT2D eigenvalue weighted by atomic mass is 10.1. The van der Waals surface area contributed by atoms with E-state index < -0.39 is 0 Å². The number of unbranched alkanes of at least 4 members (excludes halogenated alkanes) is 4. The van der Waals surface area contributed by atoms with E-state index in [0.29, 0.717) is 0 Å². The molecule has 2 aromatic carbocycles. The highest BCUT2D eigenvalue weighted by molar-refractivity contribution is 5.89. The number of amides is 1. The Morgan fingerprint density at radius 3 is 2.04 bits per heavy atom. The van der Waals surface area contributed by atoms with E-state index in [0.717, 1.165) is 35.6 Å². The largest absolute Gasteiger partial charge is 0.494 e. The predicted octanol–water partition coefficient (Wildman–Crippen LogP) is 5.66. The second-order valence-corrected chi connectivity index (χ2v) is 6.05. The van der Waals surface area contributed by atoms with Gasteiger partial charge in [-0.3, -0.25) is 4.79 Å². The zero-order chi connectivity index (χ0) is 17.2. The van der Waals surface area contributed by atoms with E-state index in [-0.39, 0.29) is 5.91 Å². The van der Waals surface area contributed by atoms with Gasteiger partial charge in [-0.2, -0.15) is 0 Å². The zero-order valence-corrected chi connectivity index (χ0v) is 14.7. The maximum Gasteiger partial charge on any atom is 0.221 e. The minimum Gasteiger partial charge on any atom is -0.494 e. The molecule has 0 fully saturated rings. The number of ether oxygens (including phenoxy) is 1. The molecule has 128 valence electrons. The molecule has 1 N–H and O–H groups in total. The van der Waals surface area contributed by atoms with Crippen LogP contribution in [0.2, 0.25) is 0 Å². The van der Waals surface area contributed by atoms with Crippen LogP contribution in [0.1, 0.15) is 46.0 Å². The van der Waals surface area contributed by atoms with Crippen molar-refractivity contribution < 1.29 is 9.53 Å². The molecule has 0 aliphatic carbocycles. The molecule has 0 saturated heterocycles. The van der Waals surface area contributed by atoms with E-state index in [1.807, 2.05) is 36.4 Å². The van der Waals surface area contributed by atoms with Crippen LogP contribution in [0.25, 0.3) is 11.1 Å². The van der Waals surface area contributed by atoms with E-state index in [9.17, 15) is 4.79 Å². The second-order valence-electron chi connectivity index (χ2n) is 6.05. The number of hydrogen-bond donors (Lipinski definition) is 1. The lowest BCUT2D eigenvalue weighted by molar-refractivity contribution is -0.114. The number of benzene rings is 2. The first-order valence-electron chi connectivity index (χ1n) is 8.80. The molecule has 2 rings (SSSR count). The Balaban J connectivity index is 1.84. The molecule has 3 nitrogen and oxygen atoms in total. The molecule has 3 heteroatoms. The maximum absolute atomic E-state index is 11.0. The third-order valence-corrected chi connectivity index (χ3v) is 3.91. The van der Waals surface area contributed by atoms with Gasteiger partial charge in [0.2, 0.25) is 5.91 Å². The SMILES string of the molecule is CCCCCCCOc1ccc(-c2ccc(NC(C)=O)cc2)cc1. The summed E-state index contributed by atoms with van der Waals surface area (Å²) in [5, 5.41) is 2.77. The summed E-state index contributed by atoms with van der Waals surface area (Å²) in [7, 11) is 0. The van der Waals surface area contributed by atoms with Gasteiger partial charge in [0.25, 0.3) is 0 Å². The van der Waals surface area contributed by atoms with Crippen LogP contribution in [0.15, 0.2) is 48.5 Å². The van der Waals surface area contributed by atoms with Gasteiger partial charge < -0.3 is 10.1 Å². The van der Waals surface area contributed by atoms with Gasteiger partial charge in [0.1, 0.15) is 5.75 Å². The fraction of sp³-hybridized carbons (Fsp3) is 0.381. The molecular formula is C21H27NO2. The molecule has 1 amide bonds. The van der Waals surface area contributed by atoms with Crippen LogP contribution >= 0.6 is 0 Å². The van der Waals surface area contributed by atoms with Crippen molar-refractivity contribution in [2.75, 3.05) is 11.9 Å². The van der Waals surface area contributed by atoms with Crippen molar-refractivity contribution >= 4 is 11.6 Å². The lowest BCUT2D eigenvalue weighted by Crippen LogP contribution is -2.05. The van der Waals surface area contributed by atoms with Gasteiger partial charge in [-0.15, -0.1) is 0 Å². The van der Waals surface area contributed by atoms with Crippen molar-refractivity contribution in [2.45, 2.75) is 46.0 Å². The number of nitrogens with one attached hydrogen (secondary N) is 1. The van der Waals surface area contributed by atoms with Gasteiger partial charge in [-0.25, -0.2) is 0 Å². The van der Waals surface area contributed by atoms with Crippen molar-refractivity contribution in [1.29, 1.82) is 0 Å². The molecule has 0 saturated carbocycles. The van der Waals surface area contributed by atoms with Gasteiger partial charge in [0.05, 0.1) is 6.61 Å². The summed E-state index contributed by atoms with van der Waals surface area (Å²) in [5.41, 5.74) is 3.07. The summed E-state index contributed by atoms with van der Waals surface area (Å²) >= 11 is 0. The number of carbonyl (C=O) groups excluding carboxylic acids is 1. The molecule has 0 heterocycles. The average Bonchev–Trinajstić information content (AvgIpc) is 2.59. The second kappa shape index (κ2) is 9.76. The molecule has 0 aliphatic rings. The highest BCUT2D eigenvalue weighted by Gasteiger charge is 2.01. The summed E-state index contributed by atoms with van der Waals surface area (Å²) in [6.45, 7) is 4.52. The molecule has 0 aromatic heterocycles. The van der Waals surface area contributed by atoms with Gasteiger partial charge >= 0.3 is 0 Å². The highest BCUT2D eigenvalue weighted by Crippen LogP contribution is 2.24. The van der Waals surface area contributed by atoms with E-state index in [1.54, 1.807) is 0 Å². The molecular weight excluding hydrogens is 298 g/mol. The Morgan fingerprint density at radius 1 is 0.875 bits per heavy atom. The topological polar surface area (TPSA) is 38.3 Å². The van der Waals surface area contributed by atoms with Crippen molar-refractivity contribution in [2.24, 2.45) is 0 Å². The highest BCUT2D eigenvalue weighted by atomic mass is 16.5. The molecule has 0 spiro atoms. The van der Waals surface area contributed by atoms with Gasteiger partial charge in [-0.05, 0) is 41.8 Å². The molecule has 0 atom stereocenters. The van der Waals surface area contributed by atoms with Crippen molar-refractivity contribution in [3.05, 3.63) is 48.5 Å². The summed E-state index contributed by atoms with van der Waals surface area (Å²) in [6.07, 6.45) is 6.25. The first-order valence-corrected chi connectivity index (χ1v) is 8.80. The molecule has 0 aliphatic heterocycles. The third kappa shape index (κ3) is 6.07. The Labute approximate surface area is 145 Å². The number of carbonyl (C=O) groups is 1. The first-order chi connectivity index (χ1) is 11.7. The summed E-state index contributed by atoms with van der Waals surface area (Å²) in [5.74, 6) is 0.864. The fourth-order valence-corrected chi connectivity index (χ4v) is 2.59. The molecule has 0 bridgehead atoms. The summed E-state index contributed by atoms with van der Waals surface area (Å²) in [4.78, 5) is 11.0. The van der Waals surface area contributed by atoms with Gasteiger partial charge in [-0.1, -0.05) is 56.9 Å². The van der Waals surface area contributed by atoms with Gasteiger partial charge in [0.15, 0.2) is 0 Å². The summed E-state index contributed by atoms with van der Waals surface area (Å²) < 4.78 is 5.79. The monoisotopic (exact) mass is 325 g/mol. The van der Waals surface area contributed by atoms with Crippen LogP contribution in [0.3, 0.4) is 0 Å². The summed E-state index contributed by atoms with van der Waals surface area (Å²) in [6, 6.07) is 16.0. The van der Waals surface area contributed by atoms with Crippen LogP contribution in [0.4, 0.5) is 5.69 Å². The Morgan fingerprint density at radius 2 is 1.46 bits per heavy atom. The van der Waals surface area contributed by atoms with Crippen LogP contribution in [-0.4, -0.2) is 12.5 Å². The number of anilines is 1. The predicted molar refractivity (Wildman–Crippen MR) is 100 cm³/mol. The Bertz CT molecular complexity index is 617. The lowest BCUT2D eigenvalue weighted by Gasteiger charge is -2.08. The molecule has 0 unspecified atom stereocenters. The minimum atomic E-state index is -0.0565. The molecule has 24 heavy (non-hydrogen) atoms. The fourth-order valence-electron chi connectivity index (χ4n) is 2.59. The van der Waals surface area contributed by atoms with Crippen LogP contribution in [0.5, 0.6) is 5.75 Å². The Hall–Kier alpha value is -2.29. The van der Waals surface area contributed by atoms with Crippen molar-refractivity contribution in [3.8, 4) is 16.9 Å². The van der Waals surface area contributed by atoms with E-state index >= 15 is 0 Å². The number of rotatable bonds is 9. The normalized spacial score (nSPS) is 10.4. The van der Waals surface area contributed by atoms with Crippen LogP contribution in [-0.2, 0) is 4.79 Å². The number of hydrogen-bond acceptors (Lipinski definition) is 2. The van der Waals surface area contributed by atoms with Crippen molar-refractivity contribution in [3.63, 3.8) is 0 Å². The molecule has 2 aromatic rings. The van der Waals surface area contributed by atoms with Crippen LogP contribution in [0, 0.1) is 0 Å². The first kappa shape index (κ1) is 18.1. The van der Waals surface area contributed by atoms with Crippen molar-refractivity contribution in [1.82, 2.24) is 0 Å².